The molecule has 3 N–H and O–H groups in total. The van der Waals surface area contributed by atoms with E-state index in [1.165, 1.54) is 24.3 Å². The number of nitrogens with one attached hydrogen (secondary N) is 1. The van der Waals surface area contributed by atoms with Crippen molar-refractivity contribution in [2.75, 3.05) is 5.32 Å². The van der Waals surface area contributed by atoms with Crippen molar-refractivity contribution < 1.29 is 19.8 Å². The van der Waals surface area contributed by atoms with Gasteiger partial charge in [-0.05, 0) is 52.9 Å². The van der Waals surface area contributed by atoms with E-state index in [0.717, 1.165) is 16.3 Å². The standard InChI is InChI=1S/C23H17NO4/c1-13-6-7-14-4-2-3-5-18(14)21(13)24-22(26)19-11-17-10-16(23(27)28)9-8-15(17)12-20(19)25/h2-12,25H,1H3,(H,24,26)(H,27,28). The zero-order valence-electron chi connectivity index (χ0n) is 15.1. The fourth-order valence-electron chi connectivity index (χ4n) is 3.33. The van der Waals surface area contributed by atoms with Crippen molar-refractivity contribution in [3.05, 3.63) is 83.4 Å². The van der Waals surface area contributed by atoms with Gasteiger partial charge >= 0.3 is 5.97 Å². The van der Waals surface area contributed by atoms with Crippen molar-refractivity contribution in [1.82, 2.24) is 0 Å². The second-order valence-electron chi connectivity index (χ2n) is 6.67. The van der Waals surface area contributed by atoms with Gasteiger partial charge in [-0.15, -0.1) is 0 Å². The maximum Gasteiger partial charge on any atom is 0.335 e. The summed E-state index contributed by atoms with van der Waals surface area (Å²) in [6.07, 6.45) is 0. The minimum Gasteiger partial charge on any atom is -0.507 e. The molecule has 0 saturated heterocycles. The van der Waals surface area contributed by atoms with Crippen LogP contribution in [0.15, 0.2) is 66.7 Å². The normalized spacial score (nSPS) is 10.9. The van der Waals surface area contributed by atoms with E-state index in [9.17, 15) is 19.8 Å². The van der Waals surface area contributed by atoms with Gasteiger partial charge in [-0.25, -0.2) is 4.79 Å². The first kappa shape index (κ1) is 17.5. The molecular weight excluding hydrogens is 354 g/mol. The van der Waals surface area contributed by atoms with Gasteiger partial charge in [0.2, 0.25) is 0 Å². The summed E-state index contributed by atoms with van der Waals surface area (Å²) < 4.78 is 0. The Morgan fingerprint density at radius 2 is 1.61 bits per heavy atom. The van der Waals surface area contributed by atoms with E-state index in [4.69, 9.17) is 0 Å². The van der Waals surface area contributed by atoms with Crippen LogP contribution in [-0.2, 0) is 0 Å². The molecule has 0 aliphatic rings. The van der Waals surface area contributed by atoms with Crippen molar-refractivity contribution >= 4 is 39.1 Å². The summed E-state index contributed by atoms with van der Waals surface area (Å²) in [4.78, 5) is 24.1. The lowest BCUT2D eigenvalue weighted by Crippen LogP contribution is -2.13. The fraction of sp³-hybridized carbons (Fsp3) is 0.0435. The summed E-state index contributed by atoms with van der Waals surface area (Å²) in [6.45, 7) is 1.90. The topological polar surface area (TPSA) is 86.6 Å². The lowest BCUT2D eigenvalue weighted by molar-refractivity contribution is 0.0697. The van der Waals surface area contributed by atoms with Crippen LogP contribution < -0.4 is 5.32 Å². The van der Waals surface area contributed by atoms with Gasteiger partial charge in [0.25, 0.3) is 5.91 Å². The van der Waals surface area contributed by atoms with Crippen LogP contribution in [0.3, 0.4) is 0 Å². The second kappa shape index (κ2) is 6.70. The molecule has 0 radical (unpaired) electrons. The molecule has 0 spiro atoms. The molecule has 138 valence electrons. The highest BCUT2D eigenvalue weighted by atomic mass is 16.4. The third kappa shape index (κ3) is 3.03. The summed E-state index contributed by atoms with van der Waals surface area (Å²) >= 11 is 0. The van der Waals surface area contributed by atoms with Crippen LogP contribution in [0.25, 0.3) is 21.5 Å². The van der Waals surface area contributed by atoms with E-state index in [-0.39, 0.29) is 16.9 Å². The number of hydrogen-bond acceptors (Lipinski definition) is 3. The van der Waals surface area contributed by atoms with Crippen molar-refractivity contribution in [3.63, 3.8) is 0 Å². The van der Waals surface area contributed by atoms with Crippen molar-refractivity contribution in [2.24, 2.45) is 0 Å². The molecule has 0 aliphatic carbocycles. The van der Waals surface area contributed by atoms with Crippen LogP contribution in [0.2, 0.25) is 0 Å². The first-order valence-electron chi connectivity index (χ1n) is 8.74. The number of hydrogen-bond donors (Lipinski definition) is 3. The van der Waals surface area contributed by atoms with Crippen LogP contribution in [0, 0.1) is 6.92 Å². The van der Waals surface area contributed by atoms with Crippen LogP contribution >= 0.6 is 0 Å². The fourth-order valence-corrected chi connectivity index (χ4v) is 3.33. The third-order valence-electron chi connectivity index (χ3n) is 4.82. The summed E-state index contributed by atoms with van der Waals surface area (Å²) in [5.74, 6) is -1.67. The highest BCUT2D eigenvalue weighted by Crippen LogP contribution is 2.30. The number of phenolic OH excluding ortho intramolecular Hbond substituents is 1. The molecule has 0 heterocycles. The van der Waals surface area contributed by atoms with Gasteiger partial charge in [0.1, 0.15) is 5.75 Å². The Hall–Kier alpha value is -3.86. The molecule has 0 bridgehead atoms. The quantitative estimate of drug-likeness (QED) is 0.475. The van der Waals surface area contributed by atoms with E-state index in [0.29, 0.717) is 16.5 Å². The average molecular weight is 371 g/mol. The highest BCUT2D eigenvalue weighted by Gasteiger charge is 2.16. The molecular formula is C23H17NO4. The van der Waals surface area contributed by atoms with Gasteiger partial charge in [0.05, 0.1) is 16.8 Å². The first-order valence-corrected chi connectivity index (χ1v) is 8.74. The SMILES string of the molecule is Cc1ccc2ccccc2c1NC(=O)c1cc2cc(C(=O)O)ccc2cc1O. The maximum atomic E-state index is 12.9. The van der Waals surface area contributed by atoms with Gasteiger partial charge in [-0.3, -0.25) is 4.79 Å². The summed E-state index contributed by atoms with van der Waals surface area (Å²) in [6, 6.07) is 19.2. The monoisotopic (exact) mass is 371 g/mol. The number of aromatic carboxylic acids is 1. The molecule has 0 atom stereocenters. The van der Waals surface area contributed by atoms with Gasteiger partial charge < -0.3 is 15.5 Å². The number of aromatic hydroxyl groups is 1. The number of anilines is 1. The summed E-state index contributed by atoms with van der Waals surface area (Å²) in [5.41, 5.74) is 1.79. The van der Waals surface area contributed by atoms with Gasteiger partial charge in [0, 0.05) is 5.39 Å². The van der Waals surface area contributed by atoms with Crippen LogP contribution in [-0.4, -0.2) is 22.1 Å². The molecule has 5 nitrogen and oxygen atoms in total. The molecule has 28 heavy (non-hydrogen) atoms. The number of benzene rings is 4. The summed E-state index contributed by atoms with van der Waals surface area (Å²) in [5, 5.41) is 25.5. The van der Waals surface area contributed by atoms with Crippen molar-refractivity contribution in [2.45, 2.75) is 6.92 Å². The van der Waals surface area contributed by atoms with Crippen molar-refractivity contribution in [1.29, 1.82) is 0 Å². The van der Waals surface area contributed by atoms with E-state index in [2.05, 4.69) is 5.32 Å². The van der Waals surface area contributed by atoms with Crippen LogP contribution in [0.1, 0.15) is 26.3 Å². The molecule has 5 heteroatoms. The zero-order chi connectivity index (χ0) is 19.8. The Balaban J connectivity index is 1.78. The van der Waals surface area contributed by atoms with E-state index in [1.807, 2.05) is 43.3 Å². The Labute approximate surface area is 160 Å². The van der Waals surface area contributed by atoms with E-state index in [1.54, 1.807) is 6.07 Å². The molecule has 0 aromatic heterocycles. The molecule has 0 unspecified atom stereocenters. The Morgan fingerprint density at radius 3 is 2.39 bits per heavy atom. The van der Waals surface area contributed by atoms with Gasteiger partial charge in [0.15, 0.2) is 0 Å². The minimum atomic E-state index is -1.05. The predicted octanol–water partition coefficient (Wildman–Crippen LogP) is 4.96. The maximum absolute atomic E-state index is 12.9. The van der Waals surface area contributed by atoms with E-state index >= 15 is 0 Å². The smallest absolute Gasteiger partial charge is 0.335 e. The molecule has 0 fully saturated rings. The Bertz CT molecular complexity index is 1260. The number of phenols is 1. The number of rotatable bonds is 3. The molecule has 4 rings (SSSR count). The number of carboxylic acids is 1. The number of carboxylic acid groups (broad SMARTS) is 1. The lowest BCUT2D eigenvalue weighted by Gasteiger charge is -2.13. The number of carbonyl (C=O) groups excluding carboxylic acids is 1. The average Bonchev–Trinajstić information content (AvgIpc) is 2.69. The Kier molecular flexibility index (Phi) is 4.20. The lowest BCUT2D eigenvalue weighted by atomic mass is 10.0. The molecule has 1 amide bonds. The minimum absolute atomic E-state index is 0.0855. The number of carbonyl (C=O) groups is 2. The number of amides is 1. The first-order chi connectivity index (χ1) is 13.4. The second-order valence-corrected chi connectivity index (χ2v) is 6.67. The van der Waals surface area contributed by atoms with Crippen molar-refractivity contribution in [3.8, 4) is 5.75 Å². The summed E-state index contributed by atoms with van der Waals surface area (Å²) in [7, 11) is 0. The predicted molar refractivity (Wildman–Crippen MR) is 109 cm³/mol. The number of aryl methyl sites for hydroxylation is 1. The van der Waals surface area contributed by atoms with E-state index < -0.39 is 11.9 Å². The highest BCUT2D eigenvalue weighted by molar-refractivity contribution is 6.12. The molecule has 0 aliphatic heterocycles. The van der Waals surface area contributed by atoms with Crippen LogP contribution in [0.4, 0.5) is 5.69 Å². The molecule has 4 aromatic rings. The number of fused-ring (bicyclic) bond motifs is 2. The molecule has 0 saturated carbocycles. The largest absolute Gasteiger partial charge is 0.507 e. The van der Waals surface area contributed by atoms with Crippen LogP contribution in [0.5, 0.6) is 5.75 Å². The third-order valence-corrected chi connectivity index (χ3v) is 4.82. The van der Waals surface area contributed by atoms with Gasteiger partial charge in [-0.2, -0.15) is 0 Å². The van der Waals surface area contributed by atoms with Gasteiger partial charge in [-0.1, -0.05) is 42.5 Å². The Morgan fingerprint density at radius 1 is 0.857 bits per heavy atom. The molecule has 4 aromatic carbocycles. The zero-order valence-corrected chi connectivity index (χ0v) is 15.1.